The third-order valence-corrected chi connectivity index (χ3v) is 2.89. The molecule has 10 heteroatoms. The first-order valence-corrected chi connectivity index (χ1v) is 6.49. The SMILES string of the molecule is CCC(O)CCNC(=O)C(=O)Nc1c(F)c(F)c(F)c(F)c1F. The molecule has 0 fully saturated rings. The zero-order chi connectivity index (χ0) is 17.7. The van der Waals surface area contributed by atoms with Gasteiger partial charge >= 0.3 is 11.8 Å². The number of aliphatic hydroxyl groups is 1. The van der Waals surface area contributed by atoms with Crippen LogP contribution in [0.3, 0.4) is 0 Å². The third-order valence-electron chi connectivity index (χ3n) is 2.89. The number of carbonyl (C=O) groups is 2. The number of benzene rings is 1. The molecule has 0 saturated heterocycles. The fourth-order valence-electron chi connectivity index (χ4n) is 1.52. The standard InChI is InChI=1S/C13H13F5N2O3/c1-2-5(21)3-4-19-12(22)13(23)20-11-9(17)7(15)6(14)8(16)10(11)18/h5,21H,2-4H2,1H3,(H,19,22)(H,20,23). The predicted octanol–water partition coefficient (Wildman–Crippen LogP) is 1.60. The van der Waals surface area contributed by atoms with Gasteiger partial charge in [0.15, 0.2) is 23.3 Å². The largest absolute Gasteiger partial charge is 0.393 e. The number of aliphatic hydroxyl groups excluding tert-OH is 1. The lowest BCUT2D eigenvalue weighted by atomic mass is 10.2. The second-order valence-corrected chi connectivity index (χ2v) is 4.51. The molecule has 1 atom stereocenters. The number of amides is 2. The maximum absolute atomic E-state index is 13.3. The average molecular weight is 340 g/mol. The summed E-state index contributed by atoms with van der Waals surface area (Å²) in [7, 11) is 0. The van der Waals surface area contributed by atoms with Gasteiger partial charge in [0.2, 0.25) is 5.82 Å². The molecule has 1 aromatic carbocycles. The number of anilines is 1. The minimum Gasteiger partial charge on any atom is -0.393 e. The molecule has 23 heavy (non-hydrogen) atoms. The van der Waals surface area contributed by atoms with Crippen molar-refractivity contribution in [2.45, 2.75) is 25.9 Å². The van der Waals surface area contributed by atoms with Crippen LogP contribution < -0.4 is 10.6 Å². The van der Waals surface area contributed by atoms with E-state index >= 15 is 0 Å². The molecular formula is C13H13F5N2O3. The maximum Gasteiger partial charge on any atom is 0.313 e. The number of halogens is 5. The molecule has 0 bridgehead atoms. The Morgan fingerprint density at radius 3 is 1.91 bits per heavy atom. The van der Waals surface area contributed by atoms with E-state index in [1.807, 2.05) is 5.32 Å². The van der Waals surface area contributed by atoms with Crippen molar-refractivity contribution in [3.05, 3.63) is 29.1 Å². The van der Waals surface area contributed by atoms with Crippen molar-refractivity contribution in [1.29, 1.82) is 0 Å². The highest BCUT2D eigenvalue weighted by atomic mass is 19.2. The summed E-state index contributed by atoms with van der Waals surface area (Å²) >= 11 is 0. The lowest BCUT2D eigenvalue weighted by molar-refractivity contribution is -0.136. The van der Waals surface area contributed by atoms with Crippen molar-refractivity contribution in [2.24, 2.45) is 0 Å². The van der Waals surface area contributed by atoms with Crippen molar-refractivity contribution in [2.75, 3.05) is 11.9 Å². The fourth-order valence-corrected chi connectivity index (χ4v) is 1.52. The summed E-state index contributed by atoms with van der Waals surface area (Å²) in [5.74, 6) is -14.4. The van der Waals surface area contributed by atoms with E-state index in [0.29, 0.717) is 6.42 Å². The van der Waals surface area contributed by atoms with Crippen LogP contribution in [0.15, 0.2) is 0 Å². The number of hydrogen-bond donors (Lipinski definition) is 3. The molecule has 128 valence electrons. The summed E-state index contributed by atoms with van der Waals surface area (Å²) in [4.78, 5) is 22.8. The average Bonchev–Trinajstić information content (AvgIpc) is 2.54. The van der Waals surface area contributed by atoms with Gasteiger partial charge in [0.05, 0.1) is 6.10 Å². The molecule has 2 amide bonds. The van der Waals surface area contributed by atoms with Gasteiger partial charge in [0, 0.05) is 6.54 Å². The molecule has 0 heterocycles. The van der Waals surface area contributed by atoms with Crippen LogP contribution in [0.5, 0.6) is 0 Å². The van der Waals surface area contributed by atoms with Crippen LogP contribution in [-0.2, 0) is 9.59 Å². The van der Waals surface area contributed by atoms with E-state index in [1.165, 1.54) is 5.32 Å². The van der Waals surface area contributed by atoms with Gasteiger partial charge in [-0.05, 0) is 12.8 Å². The topological polar surface area (TPSA) is 78.4 Å². The molecule has 0 radical (unpaired) electrons. The van der Waals surface area contributed by atoms with Crippen LogP contribution in [0, 0.1) is 29.1 Å². The lowest BCUT2D eigenvalue weighted by Crippen LogP contribution is -2.37. The Balaban J connectivity index is 2.80. The normalized spacial score (nSPS) is 12.0. The van der Waals surface area contributed by atoms with Crippen molar-refractivity contribution >= 4 is 17.5 Å². The number of nitrogens with one attached hydrogen (secondary N) is 2. The van der Waals surface area contributed by atoms with Crippen molar-refractivity contribution in [3.63, 3.8) is 0 Å². The molecule has 0 aliphatic carbocycles. The van der Waals surface area contributed by atoms with Gasteiger partial charge in [0.25, 0.3) is 0 Å². The van der Waals surface area contributed by atoms with Gasteiger partial charge in [-0.3, -0.25) is 9.59 Å². The van der Waals surface area contributed by atoms with Crippen molar-refractivity contribution in [1.82, 2.24) is 5.32 Å². The molecule has 1 aromatic rings. The van der Waals surface area contributed by atoms with Crippen LogP contribution in [0.25, 0.3) is 0 Å². The van der Waals surface area contributed by atoms with E-state index in [9.17, 15) is 36.6 Å². The quantitative estimate of drug-likeness (QED) is 0.330. The van der Waals surface area contributed by atoms with Crippen LogP contribution in [0.2, 0.25) is 0 Å². The van der Waals surface area contributed by atoms with Gasteiger partial charge < -0.3 is 15.7 Å². The Labute approximate surface area is 127 Å². The van der Waals surface area contributed by atoms with E-state index in [0.717, 1.165) is 0 Å². The first kappa shape index (κ1) is 18.8. The molecular weight excluding hydrogens is 327 g/mol. The molecule has 5 nitrogen and oxygen atoms in total. The zero-order valence-electron chi connectivity index (χ0n) is 11.9. The molecule has 0 aliphatic heterocycles. The second kappa shape index (κ2) is 7.86. The van der Waals surface area contributed by atoms with E-state index in [2.05, 4.69) is 0 Å². The molecule has 1 rings (SSSR count). The Morgan fingerprint density at radius 1 is 0.957 bits per heavy atom. The first-order chi connectivity index (χ1) is 10.7. The van der Waals surface area contributed by atoms with E-state index in [1.54, 1.807) is 6.92 Å². The van der Waals surface area contributed by atoms with Gasteiger partial charge in [-0.2, -0.15) is 0 Å². The Hall–Kier alpha value is -2.23. The third kappa shape index (κ3) is 4.38. The lowest BCUT2D eigenvalue weighted by Gasteiger charge is -2.11. The van der Waals surface area contributed by atoms with E-state index in [4.69, 9.17) is 0 Å². The molecule has 0 spiro atoms. The van der Waals surface area contributed by atoms with Gasteiger partial charge in [-0.15, -0.1) is 0 Å². The summed E-state index contributed by atoms with van der Waals surface area (Å²) in [5, 5.41) is 12.6. The van der Waals surface area contributed by atoms with Crippen LogP contribution in [0.1, 0.15) is 19.8 Å². The molecule has 0 saturated carbocycles. The Morgan fingerprint density at radius 2 is 1.43 bits per heavy atom. The van der Waals surface area contributed by atoms with Crippen molar-refractivity contribution < 1.29 is 36.6 Å². The van der Waals surface area contributed by atoms with Crippen LogP contribution >= 0.6 is 0 Å². The summed E-state index contributed by atoms with van der Waals surface area (Å²) < 4.78 is 65.4. The monoisotopic (exact) mass is 340 g/mol. The molecule has 0 aliphatic rings. The minimum absolute atomic E-state index is 0.113. The first-order valence-electron chi connectivity index (χ1n) is 6.49. The summed E-state index contributed by atoms with van der Waals surface area (Å²) in [6, 6.07) is 0. The summed E-state index contributed by atoms with van der Waals surface area (Å²) in [6.45, 7) is 1.57. The van der Waals surface area contributed by atoms with Gasteiger partial charge in [-0.1, -0.05) is 6.92 Å². The second-order valence-electron chi connectivity index (χ2n) is 4.51. The maximum atomic E-state index is 13.3. The Kier molecular flexibility index (Phi) is 6.43. The molecule has 3 N–H and O–H groups in total. The van der Waals surface area contributed by atoms with E-state index < -0.39 is 52.7 Å². The van der Waals surface area contributed by atoms with Gasteiger partial charge in [-0.25, -0.2) is 22.0 Å². The smallest absolute Gasteiger partial charge is 0.313 e. The highest BCUT2D eigenvalue weighted by Gasteiger charge is 2.28. The fraction of sp³-hybridized carbons (Fsp3) is 0.385. The van der Waals surface area contributed by atoms with E-state index in [-0.39, 0.29) is 13.0 Å². The number of rotatable bonds is 5. The van der Waals surface area contributed by atoms with Crippen LogP contribution in [-0.4, -0.2) is 29.6 Å². The summed E-state index contributed by atoms with van der Waals surface area (Å²) in [6.07, 6.45) is -0.182. The molecule has 1 unspecified atom stereocenters. The highest BCUT2D eigenvalue weighted by molar-refractivity contribution is 6.39. The van der Waals surface area contributed by atoms with Gasteiger partial charge in [0.1, 0.15) is 5.69 Å². The summed E-state index contributed by atoms with van der Waals surface area (Å²) in [5.41, 5.74) is -1.62. The minimum atomic E-state index is -2.38. The number of hydrogen-bond acceptors (Lipinski definition) is 3. The zero-order valence-corrected chi connectivity index (χ0v) is 11.9. The van der Waals surface area contributed by atoms with Crippen LogP contribution in [0.4, 0.5) is 27.6 Å². The predicted molar refractivity (Wildman–Crippen MR) is 68.8 cm³/mol. The Bertz CT molecular complexity index is 595. The van der Waals surface area contributed by atoms with Crippen molar-refractivity contribution in [3.8, 4) is 0 Å². The molecule has 0 aromatic heterocycles. The number of carbonyl (C=O) groups excluding carboxylic acids is 2. The highest BCUT2D eigenvalue weighted by Crippen LogP contribution is 2.26.